The Kier molecular flexibility index (Phi) is 4.22. The van der Waals surface area contributed by atoms with Gasteiger partial charge in [0.25, 0.3) is 0 Å². The van der Waals surface area contributed by atoms with E-state index in [0.29, 0.717) is 42.7 Å². The van der Waals surface area contributed by atoms with Gasteiger partial charge in [-0.2, -0.15) is 9.40 Å². The minimum absolute atomic E-state index is 0.280. The molecule has 0 fully saturated rings. The third-order valence-corrected chi connectivity index (χ3v) is 6.71. The van der Waals surface area contributed by atoms with E-state index in [1.807, 2.05) is 11.5 Å². The lowest BCUT2D eigenvalue weighted by molar-refractivity contribution is 0.170. The number of aryl methyl sites for hydroxylation is 2. The monoisotopic (exact) mass is 354 g/mol. The van der Waals surface area contributed by atoms with Crippen LogP contribution in [0.3, 0.4) is 0 Å². The molecule has 2 aromatic heterocycles. The van der Waals surface area contributed by atoms with E-state index < -0.39 is 16.1 Å². The van der Waals surface area contributed by atoms with Gasteiger partial charge in [0.05, 0.1) is 17.4 Å². The van der Waals surface area contributed by atoms with E-state index in [9.17, 15) is 8.42 Å². The maximum atomic E-state index is 13.2. The van der Waals surface area contributed by atoms with Crippen molar-refractivity contribution in [2.75, 3.05) is 13.7 Å². The van der Waals surface area contributed by atoms with Crippen molar-refractivity contribution in [2.24, 2.45) is 7.05 Å². The fraction of sp³-hybridized carbons (Fsp3) is 0.643. The Hall–Kier alpha value is -1.78. The van der Waals surface area contributed by atoms with Crippen molar-refractivity contribution in [3.8, 4) is 0 Å². The molecule has 2 aromatic rings. The van der Waals surface area contributed by atoms with Crippen molar-refractivity contribution in [3.05, 3.63) is 23.0 Å². The summed E-state index contributed by atoms with van der Waals surface area (Å²) >= 11 is 0. The second kappa shape index (κ2) is 5.94. The van der Waals surface area contributed by atoms with Crippen molar-refractivity contribution < 1.29 is 13.2 Å². The van der Waals surface area contributed by atoms with E-state index in [4.69, 9.17) is 4.74 Å². The second-order valence-corrected chi connectivity index (χ2v) is 7.80. The highest BCUT2D eigenvalue weighted by atomic mass is 32.2. The first-order chi connectivity index (χ1) is 11.3. The average Bonchev–Trinajstić information content (AvgIpc) is 3.02. The number of hydrogen-bond acceptors (Lipinski definition) is 6. The largest absolute Gasteiger partial charge is 0.377 e. The lowest BCUT2D eigenvalue weighted by Gasteiger charge is -2.32. The summed E-state index contributed by atoms with van der Waals surface area (Å²) in [7, 11) is -0.319. The third kappa shape index (κ3) is 2.45. The number of aromatic nitrogens is 5. The second-order valence-electron chi connectivity index (χ2n) is 5.97. The van der Waals surface area contributed by atoms with Crippen LogP contribution in [0.4, 0.5) is 0 Å². The van der Waals surface area contributed by atoms with Gasteiger partial charge >= 0.3 is 0 Å². The van der Waals surface area contributed by atoms with Gasteiger partial charge in [-0.15, -0.1) is 10.2 Å². The fourth-order valence-electron chi connectivity index (χ4n) is 3.23. The molecule has 0 bridgehead atoms. The van der Waals surface area contributed by atoms with Crippen molar-refractivity contribution in [2.45, 2.75) is 44.9 Å². The summed E-state index contributed by atoms with van der Waals surface area (Å²) in [6.07, 6.45) is 0. The highest BCUT2D eigenvalue weighted by Crippen LogP contribution is 2.32. The molecule has 10 heteroatoms. The number of sulfonamides is 1. The van der Waals surface area contributed by atoms with Gasteiger partial charge in [0, 0.05) is 27.2 Å². The predicted molar refractivity (Wildman–Crippen MR) is 85.7 cm³/mol. The standard InChI is InChI=1S/C14H22N6O3S/c1-9-13(10(2)18(4)17-9)24(21,22)20-7-6-19-12(8-23-5)15-16-14(19)11(20)3/h11H,6-8H2,1-5H3/t11-/m1/s1. The molecule has 0 aliphatic carbocycles. The smallest absolute Gasteiger partial charge is 0.247 e. The molecule has 0 radical (unpaired) electrons. The van der Waals surface area contributed by atoms with Crippen LogP contribution in [0.15, 0.2) is 4.90 Å². The quantitative estimate of drug-likeness (QED) is 0.795. The number of methoxy groups -OCH3 is 1. The average molecular weight is 354 g/mol. The zero-order chi connectivity index (χ0) is 17.6. The van der Waals surface area contributed by atoms with Crippen molar-refractivity contribution >= 4 is 10.0 Å². The molecular weight excluding hydrogens is 332 g/mol. The van der Waals surface area contributed by atoms with Gasteiger partial charge in [-0.3, -0.25) is 4.68 Å². The van der Waals surface area contributed by atoms with Crippen LogP contribution in [0, 0.1) is 13.8 Å². The fourth-order valence-corrected chi connectivity index (χ4v) is 5.22. The summed E-state index contributed by atoms with van der Waals surface area (Å²) < 4.78 is 36.5. The van der Waals surface area contributed by atoms with Crippen LogP contribution in [0.25, 0.3) is 0 Å². The molecule has 24 heavy (non-hydrogen) atoms. The Morgan fingerprint density at radius 2 is 1.96 bits per heavy atom. The third-order valence-electron chi connectivity index (χ3n) is 4.49. The number of nitrogens with zero attached hydrogens (tertiary/aromatic N) is 6. The SMILES string of the molecule is COCc1nnc2n1CCN(S(=O)(=O)c1c(C)nn(C)c1C)[C@@H]2C. The molecule has 1 aliphatic heterocycles. The van der Waals surface area contributed by atoms with Crippen LogP contribution in [0.2, 0.25) is 0 Å². The van der Waals surface area contributed by atoms with Crippen LogP contribution in [0.1, 0.15) is 36.0 Å². The van der Waals surface area contributed by atoms with Crippen LogP contribution in [-0.2, 0) is 35.0 Å². The number of fused-ring (bicyclic) bond motifs is 1. The Labute approximate surface area is 141 Å². The summed E-state index contributed by atoms with van der Waals surface area (Å²) in [4.78, 5) is 0.280. The molecule has 3 heterocycles. The first-order valence-corrected chi connectivity index (χ1v) is 9.16. The van der Waals surface area contributed by atoms with Crippen molar-refractivity contribution in [3.63, 3.8) is 0 Å². The van der Waals surface area contributed by atoms with Crippen molar-refractivity contribution in [1.29, 1.82) is 0 Å². The normalized spacial score (nSPS) is 18.8. The molecule has 1 atom stereocenters. The first-order valence-electron chi connectivity index (χ1n) is 7.72. The molecule has 0 amide bonds. The zero-order valence-corrected chi connectivity index (χ0v) is 15.3. The Morgan fingerprint density at radius 1 is 1.25 bits per heavy atom. The van der Waals surface area contributed by atoms with Crippen LogP contribution in [-0.4, -0.2) is 50.9 Å². The lowest BCUT2D eigenvalue weighted by atomic mass is 10.2. The Morgan fingerprint density at radius 3 is 2.54 bits per heavy atom. The lowest BCUT2D eigenvalue weighted by Crippen LogP contribution is -2.41. The number of ether oxygens (including phenoxy) is 1. The first kappa shape index (κ1) is 17.1. The van der Waals surface area contributed by atoms with Gasteiger partial charge in [0.1, 0.15) is 11.5 Å². The highest BCUT2D eigenvalue weighted by Gasteiger charge is 2.39. The van der Waals surface area contributed by atoms with Crippen LogP contribution >= 0.6 is 0 Å². The summed E-state index contributed by atoms with van der Waals surface area (Å²) in [5, 5.41) is 12.5. The molecule has 132 valence electrons. The van der Waals surface area contributed by atoms with Crippen LogP contribution in [0.5, 0.6) is 0 Å². The Bertz CT molecular complexity index is 869. The van der Waals surface area contributed by atoms with E-state index >= 15 is 0 Å². The zero-order valence-electron chi connectivity index (χ0n) is 14.5. The molecule has 0 saturated carbocycles. The molecule has 0 aromatic carbocycles. The minimum Gasteiger partial charge on any atom is -0.377 e. The van der Waals surface area contributed by atoms with E-state index in [1.54, 1.807) is 32.7 Å². The Balaban J connectivity index is 2.01. The van der Waals surface area contributed by atoms with Gasteiger partial charge < -0.3 is 9.30 Å². The summed E-state index contributed by atoms with van der Waals surface area (Å²) in [6.45, 7) is 6.53. The summed E-state index contributed by atoms with van der Waals surface area (Å²) in [6, 6.07) is -0.402. The molecule has 9 nitrogen and oxygen atoms in total. The number of rotatable bonds is 4. The molecule has 0 spiro atoms. The summed E-state index contributed by atoms with van der Waals surface area (Å²) in [5.74, 6) is 1.35. The van der Waals surface area contributed by atoms with Crippen LogP contribution < -0.4 is 0 Å². The van der Waals surface area contributed by atoms with Gasteiger partial charge in [-0.05, 0) is 20.8 Å². The molecule has 0 unspecified atom stereocenters. The molecule has 0 N–H and O–H groups in total. The maximum Gasteiger partial charge on any atom is 0.247 e. The van der Waals surface area contributed by atoms with Gasteiger partial charge in [0.2, 0.25) is 10.0 Å². The van der Waals surface area contributed by atoms with E-state index in [0.717, 1.165) is 0 Å². The highest BCUT2D eigenvalue weighted by molar-refractivity contribution is 7.89. The van der Waals surface area contributed by atoms with Crippen molar-refractivity contribution in [1.82, 2.24) is 28.9 Å². The maximum absolute atomic E-state index is 13.2. The van der Waals surface area contributed by atoms with Gasteiger partial charge in [-0.25, -0.2) is 8.42 Å². The minimum atomic E-state index is -3.66. The molecule has 3 rings (SSSR count). The van der Waals surface area contributed by atoms with E-state index in [1.165, 1.54) is 4.31 Å². The van der Waals surface area contributed by atoms with E-state index in [-0.39, 0.29) is 4.90 Å². The van der Waals surface area contributed by atoms with E-state index in [2.05, 4.69) is 15.3 Å². The van der Waals surface area contributed by atoms with Gasteiger partial charge in [0.15, 0.2) is 11.6 Å². The molecule has 0 saturated heterocycles. The molecular formula is C14H22N6O3S. The predicted octanol–water partition coefficient (Wildman–Crippen LogP) is 0.540. The van der Waals surface area contributed by atoms with Gasteiger partial charge in [-0.1, -0.05) is 0 Å². The molecule has 1 aliphatic rings. The number of hydrogen-bond donors (Lipinski definition) is 0. The summed E-state index contributed by atoms with van der Waals surface area (Å²) in [5.41, 5.74) is 1.14. The topological polar surface area (TPSA) is 95.1 Å².